The smallest absolute Gasteiger partial charge is 0.223 e. The van der Waals surface area contributed by atoms with Crippen molar-refractivity contribution in [2.45, 2.75) is 6.04 Å². The Hall–Kier alpha value is -2.34. The van der Waals surface area contributed by atoms with Crippen molar-refractivity contribution in [1.82, 2.24) is 9.97 Å². The molecule has 0 spiro atoms. The predicted octanol–water partition coefficient (Wildman–Crippen LogP) is 1.25. The normalized spacial score (nSPS) is 11.9. The summed E-state index contributed by atoms with van der Waals surface area (Å²) >= 11 is 0. The molecule has 2 rings (SSSR count). The third-order valence-corrected chi connectivity index (χ3v) is 2.71. The Bertz CT molecular complexity index is 532. The third kappa shape index (κ3) is 3.32. The molecule has 0 amide bonds. The van der Waals surface area contributed by atoms with Gasteiger partial charge < -0.3 is 21.5 Å². The minimum Gasteiger partial charge on any atom is -0.394 e. The third-order valence-electron chi connectivity index (χ3n) is 2.71. The maximum atomic E-state index is 9.48. The lowest BCUT2D eigenvalue weighted by molar-refractivity contribution is 0.276. The molecule has 0 bridgehead atoms. The molecule has 1 aromatic carbocycles. The molecule has 5 N–H and O–H groups in total. The zero-order chi connectivity index (χ0) is 13.7. The molecule has 0 fully saturated rings. The summed E-state index contributed by atoms with van der Waals surface area (Å²) in [7, 11) is 1.76. The Labute approximate surface area is 111 Å². The Kier molecular flexibility index (Phi) is 4.15. The molecular weight excluding hydrogens is 242 g/mol. The molecule has 0 aliphatic rings. The fraction of sp³-hybridized carbons (Fsp3) is 0.231. The van der Waals surface area contributed by atoms with Crippen molar-refractivity contribution in [3.8, 4) is 0 Å². The van der Waals surface area contributed by atoms with Crippen LogP contribution in [0.3, 0.4) is 0 Å². The second-order valence-corrected chi connectivity index (χ2v) is 4.04. The maximum Gasteiger partial charge on any atom is 0.223 e. The van der Waals surface area contributed by atoms with Gasteiger partial charge in [-0.15, -0.1) is 0 Å². The molecule has 19 heavy (non-hydrogen) atoms. The van der Waals surface area contributed by atoms with Crippen LogP contribution >= 0.6 is 0 Å². The SMILES string of the molecule is CNc1cc(NC(CO)c2ccccc2)nc(N)n1. The number of hydrogen-bond donors (Lipinski definition) is 4. The summed E-state index contributed by atoms with van der Waals surface area (Å²) in [6.07, 6.45) is 0. The van der Waals surface area contributed by atoms with Crippen LogP contribution in [0.1, 0.15) is 11.6 Å². The van der Waals surface area contributed by atoms with Crippen LogP contribution in [0.4, 0.5) is 17.6 Å². The molecule has 1 aromatic heterocycles. The Balaban J connectivity index is 2.21. The monoisotopic (exact) mass is 259 g/mol. The van der Waals surface area contributed by atoms with Crippen molar-refractivity contribution in [2.24, 2.45) is 0 Å². The van der Waals surface area contributed by atoms with Gasteiger partial charge in [-0.1, -0.05) is 30.3 Å². The van der Waals surface area contributed by atoms with Crippen molar-refractivity contribution in [3.05, 3.63) is 42.0 Å². The summed E-state index contributed by atoms with van der Waals surface area (Å²) in [5, 5.41) is 15.5. The molecule has 0 aliphatic heterocycles. The summed E-state index contributed by atoms with van der Waals surface area (Å²) in [5.41, 5.74) is 6.61. The van der Waals surface area contributed by atoms with Crippen LogP contribution < -0.4 is 16.4 Å². The van der Waals surface area contributed by atoms with E-state index in [4.69, 9.17) is 5.73 Å². The number of anilines is 3. The number of aliphatic hydroxyl groups is 1. The largest absolute Gasteiger partial charge is 0.394 e. The van der Waals surface area contributed by atoms with Crippen LogP contribution in [0.25, 0.3) is 0 Å². The standard InChI is InChI=1S/C13H17N5O/c1-15-11-7-12(18-13(14)17-11)16-10(8-19)9-5-3-2-4-6-9/h2-7,10,19H,8H2,1H3,(H4,14,15,16,17,18). The van der Waals surface area contributed by atoms with E-state index < -0.39 is 0 Å². The van der Waals surface area contributed by atoms with Crippen LogP contribution in [0.5, 0.6) is 0 Å². The highest BCUT2D eigenvalue weighted by atomic mass is 16.3. The van der Waals surface area contributed by atoms with E-state index in [1.807, 2.05) is 30.3 Å². The highest BCUT2D eigenvalue weighted by Gasteiger charge is 2.11. The lowest BCUT2D eigenvalue weighted by Gasteiger charge is -2.17. The fourth-order valence-electron chi connectivity index (χ4n) is 1.77. The van der Waals surface area contributed by atoms with Gasteiger partial charge in [0.25, 0.3) is 0 Å². The summed E-state index contributed by atoms with van der Waals surface area (Å²) < 4.78 is 0. The molecule has 6 heteroatoms. The molecular formula is C13H17N5O. The number of nitrogen functional groups attached to an aromatic ring is 1. The van der Waals surface area contributed by atoms with Crippen molar-refractivity contribution in [3.63, 3.8) is 0 Å². The van der Waals surface area contributed by atoms with Crippen molar-refractivity contribution < 1.29 is 5.11 Å². The Morgan fingerprint density at radius 1 is 1.21 bits per heavy atom. The number of nitrogens with two attached hydrogens (primary N) is 1. The van der Waals surface area contributed by atoms with Crippen LogP contribution in [-0.2, 0) is 0 Å². The topological polar surface area (TPSA) is 96.1 Å². The van der Waals surface area contributed by atoms with Gasteiger partial charge in [0.1, 0.15) is 11.6 Å². The molecule has 0 aliphatic carbocycles. The number of aromatic nitrogens is 2. The van der Waals surface area contributed by atoms with Gasteiger partial charge >= 0.3 is 0 Å². The minimum atomic E-state index is -0.236. The zero-order valence-corrected chi connectivity index (χ0v) is 10.7. The first-order valence-electron chi connectivity index (χ1n) is 5.97. The first-order valence-corrected chi connectivity index (χ1v) is 5.97. The van der Waals surface area contributed by atoms with Crippen LogP contribution in [0, 0.1) is 0 Å². The van der Waals surface area contributed by atoms with Gasteiger partial charge in [-0.25, -0.2) is 0 Å². The van der Waals surface area contributed by atoms with Crippen molar-refractivity contribution in [1.29, 1.82) is 0 Å². The van der Waals surface area contributed by atoms with Gasteiger partial charge in [0.15, 0.2) is 0 Å². The van der Waals surface area contributed by atoms with Crippen LogP contribution in [0.2, 0.25) is 0 Å². The van der Waals surface area contributed by atoms with E-state index in [0.29, 0.717) is 11.6 Å². The van der Waals surface area contributed by atoms with E-state index in [2.05, 4.69) is 20.6 Å². The summed E-state index contributed by atoms with van der Waals surface area (Å²) in [5.74, 6) is 1.37. The molecule has 2 aromatic rings. The molecule has 100 valence electrons. The second kappa shape index (κ2) is 6.01. The van der Waals surface area contributed by atoms with E-state index in [0.717, 1.165) is 5.56 Å². The van der Waals surface area contributed by atoms with E-state index >= 15 is 0 Å². The Morgan fingerprint density at radius 2 is 1.89 bits per heavy atom. The van der Waals surface area contributed by atoms with E-state index in [9.17, 15) is 5.11 Å². The summed E-state index contributed by atoms with van der Waals surface area (Å²) in [4.78, 5) is 8.11. The molecule has 6 nitrogen and oxygen atoms in total. The molecule has 0 saturated heterocycles. The number of benzene rings is 1. The molecule has 1 atom stereocenters. The second-order valence-electron chi connectivity index (χ2n) is 4.04. The highest BCUT2D eigenvalue weighted by molar-refractivity contribution is 5.51. The van der Waals surface area contributed by atoms with Gasteiger partial charge in [0.2, 0.25) is 5.95 Å². The molecule has 0 saturated carbocycles. The number of nitrogens with one attached hydrogen (secondary N) is 2. The summed E-state index contributed by atoms with van der Waals surface area (Å²) in [6.45, 7) is -0.0389. The quantitative estimate of drug-likeness (QED) is 0.645. The predicted molar refractivity (Wildman–Crippen MR) is 75.9 cm³/mol. The van der Waals surface area contributed by atoms with Crippen LogP contribution in [-0.4, -0.2) is 28.7 Å². The number of nitrogens with zero attached hydrogens (tertiary/aromatic N) is 2. The van der Waals surface area contributed by atoms with Gasteiger partial charge in [-0.05, 0) is 5.56 Å². The first-order chi connectivity index (χ1) is 9.22. The zero-order valence-electron chi connectivity index (χ0n) is 10.7. The number of rotatable bonds is 5. The average Bonchev–Trinajstić information content (AvgIpc) is 2.45. The Morgan fingerprint density at radius 3 is 2.53 bits per heavy atom. The lowest BCUT2D eigenvalue weighted by atomic mass is 10.1. The highest BCUT2D eigenvalue weighted by Crippen LogP contribution is 2.19. The number of aliphatic hydroxyl groups excluding tert-OH is 1. The fourth-order valence-corrected chi connectivity index (χ4v) is 1.77. The molecule has 0 radical (unpaired) electrons. The average molecular weight is 259 g/mol. The maximum absolute atomic E-state index is 9.48. The van der Waals surface area contributed by atoms with E-state index in [-0.39, 0.29) is 18.6 Å². The van der Waals surface area contributed by atoms with Gasteiger partial charge in [0, 0.05) is 13.1 Å². The van der Waals surface area contributed by atoms with Gasteiger partial charge in [-0.3, -0.25) is 0 Å². The first kappa shape index (κ1) is 13.1. The minimum absolute atomic E-state index is 0.0389. The van der Waals surface area contributed by atoms with E-state index in [1.165, 1.54) is 0 Å². The van der Waals surface area contributed by atoms with Crippen LogP contribution in [0.15, 0.2) is 36.4 Å². The van der Waals surface area contributed by atoms with Gasteiger partial charge in [0.05, 0.1) is 12.6 Å². The number of hydrogen-bond acceptors (Lipinski definition) is 6. The molecule has 1 heterocycles. The van der Waals surface area contributed by atoms with Gasteiger partial charge in [-0.2, -0.15) is 9.97 Å². The van der Waals surface area contributed by atoms with Crippen molar-refractivity contribution >= 4 is 17.6 Å². The van der Waals surface area contributed by atoms with E-state index in [1.54, 1.807) is 13.1 Å². The summed E-state index contributed by atoms with van der Waals surface area (Å²) in [6, 6.07) is 11.2. The lowest BCUT2D eigenvalue weighted by Crippen LogP contribution is -2.16. The van der Waals surface area contributed by atoms with Crippen molar-refractivity contribution in [2.75, 3.05) is 30.0 Å². The molecule has 1 unspecified atom stereocenters.